The Bertz CT molecular complexity index is 1310. The molecule has 0 radical (unpaired) electrons. The molecule has 1 aromatic heterocycles. The molecule has 0 fully saturated rings. The molecule has 2 aromatic carbocycles. The van der Waals surface area contributed by atoms with E-state index in [1.54, 1.807) is 16.8 Å². The maximum absolute atomic E-state index is 13.2. The number of nitrogens with one attached hydrogen (secondary N) is 2. The van der Waals surface area contributed by atoms with Crippen molar-refractivity contribution in [2.45, 2.75) is 25.3 Å². The lowest BCUT2D eigenvalue weighted by molar-refractivity contribution is -0.116. The van der Waals surface area contributed by atoms with Gasteiger partial charge in [0.25, 0.3) is 5.91 Å². The molecule has 166 valence electrons. The second-order valence-corrected chi connectivity index (χ2v) is 7.94. The van der Waals surface area contributed by atoms with E-state index in [9.17, 15) is 23.9 Å². The smallest absolute Gasteiger partial charge is 0.335 e. The van der Waals surface area contributed by atoms with E-state index in [0.29, 0.717) is 41.9 Å². The van der Waals surface area contributed by atoms with Crippen LogP contribution in [0.5, 0.6) is 0 Å². The fourth-order valence-corrected chi connectivity index (χ4v) is 4.27. The van der Waals surface area contributed by atoms with Gasteiger partial charge in [-0.25, -0.2) is 13.9 Å². The number of benzene rings is 2. The zero-order chi connectivity index (χ0) is 23.1. The van der Waals surface area contributed by atoms with Gasteiger partial charge in [-0.15, -0.1) is 0 Å². The van der Waals surface area contributed by atoms with Crippen LogP contribution in [0.2, 0.25) is 0 Å². The van der Waals surface area contributed by atoms with Gasteiger partial charge < -0.3 is 15.7 Å². The molecule has 2 heterocycles. The number of carbonyl (C=O) groups excluding carboxylic acids is 2. The average molecular weight is 446 g/mol. The predicted octanol–water partition coefficient (Wildman–Crippen LogP) is 3.99. The molecule has 1 aliphatic carbocycles. The van der Waals surface area contributed by atoms with E-state index >= 15 is 0 Å². The molecular formula is C24H19FN4O4. The van der Waals surface area contributed by atoms with E-state index in [1.165, 1.54) is 42.6 Å². The minimum absolute atomic E-state index is 0.00507. The number of carboxylic acid groups (broad SMARTS) is 1. The molecule has 33 heavy (non-hydrogen) atoms. The monoisotopic (exact) mass is 446 g/mol. The number of ketones is 1. The lowest BCUT2D eigenvalue weighted by atomic mass is 9.85. The van der Waals surface area contributed by atoms with Crippen molar-refractivity contribution >= 4 is 29.2 Å². The third-order valence-corrected chi connectivity index (χ3v) is 5.86. The van der Waals surface area contributed by atoms with Crippen LogP contribution in [0.25, 0.3) is 0 Å². The topological polar surface area (TPSA) is 113 Å². The summed E-state index contributed by atoms with van der Waals surface area (Å²) >= 11 is 0. The third kappa shape index (κ3) is 3.67. The Kier molecular flexibility index (Phi) is 5.01. The number of carbonyl (C=O) groups is 3. The van der Waals surface area contributed by atoms with E-state index in [1.807, 2.05) is 0 Å². The summed E-state index contributed by atoms with van der Waals surface area (Å²) in [6.07, 6.45) is 3.18. The second kappa shape index (κ2) is 8.01. The second-order valence-electron chi connectivity index (χ2n) is 7.94. The Morgan fingerprint density at radius 1 is 1.09 bits per heavy atom. The molecule has 3 N–H and O–H groups in total. The first-order valence-corrected chi connectivity index (χ1v) is 10.4. The Hall–Kier alpha value is -4.27. The number of allylic oxidation sites excluding steroid dienone is 2. The number of nitrogens with zero attached hydrogens (tertiary/aromatic N) is 2. The molecule has 0 saturated heterocycles. The van der Waals surface area contributed by atoms with Crippen LogP contribution in [0, 0.1) is 5.82 Å². The van der Waals surface area contributed by atoms with Crippen LogP contribution in [-0.2, 0) is 4.79 Å². The molecular weight excluding hydrogens is 427 g/mol. The van der Waals surface area contributed by atoms with Gasteiger partial charge in [-0.05, 0) is 54.8 Å². The maximum Gasteiger partial charge on any atom is 0.335 e. The minimum atomic E-state index is -1.04. The normalized spacial score (nSPS) is 17.1. The summed E-state index contributed by atoms with van der Waals surface area (Å²) in [7, 11) is 0. The van der Waals surface area contributed by atoms with Gasteiger partial charge >= 0.3 is 5.97 Å². The van der Waals surface area contributed by atoms with Crippen molar-refractivity contribution in [2.24, 2.45) is 0 Å². The Morgan fingerprint density at radius 3 is 2.52 bits per heavy atom. The van der Waals surface area contributed by atoms with Gasteiger partial charge in [-0.3, -0.25) is 9.59 Å². The van der Waals surface area contributed by atoms with Crippen LogP contribution >= 0.6 is 0 Å². The van der Waals surface area contributed by atoms with E-state index in [0.717, 1.165) is 5.70 Å². The lowest BCUT2D eigenvalue weighted by Gasteiger charge is -2.33. The highest BCUT2D eigenvalue weighted by molar-refractivity contribution is 6.08. The number of Topliss-reactive ketones (excluding diaryl/α,β-unsaturated/α-hetero) is 1. The fourth-order valence-electron chi connectivity index (χ4n) is 4.27. The standard InChI is InChI=1S/C24H19FN4O4/c25-15-8-10-16(11-9-15)27-23(31)17-12-26-29-21(13-4-6-14(7-5-13)24(32)33)20-18(28-22(17)29)2-1-3-19(20)30/h4-12,21,28H,1-3H2,(H,27,31)(H,32,33). The zero-order valence-corrected chi connectivity index (χ0v) is 17.3. The molecule has 1 aliphatic heterocycles. The van der Waals surface area contributed by atoms with Gasteiger partial charge in [0.05, 0.1) is 11.8 Å². The van der Waals surface area contributed by atoms with Crippen molar-refractivity contribution < 1.29 is 23.9 Å². The summed E-state index contributed by atoms with van der Waals surface area (Å²) in [4.78, 5) is 37.1. The number of halogens is 1. The van der Waals surface area contributed by atoms with Crippen molar-refractivity contribution in [3.8, 4) is 0 Å². The number of fused-ring (bicyclic) bond motifs is 1. The van der Waals surface area contributed by atoms with E-state index in [2.05, 4.69) is 15.7 Å². The first kappa shape index (κ1) is 20.6. The van der Waals surface area contributed by atoms with Crippen LogP contribution in [0.15, 0.2) is 66.0 Å². The molecule has 1 atom stereocenters. The van der Waals surface area contributed by atoms with Gasteiger partial charge in [0.1, 0.15) is 23.2 Å². The van der Waals surface area contributed by atoms with Crippen LogP contribution in [0.1, 0.15) is 51.6 Å². The van der Waals surface area contributed by atoms with Crippen LogP contribution in [0.3, 0.4) is 0 Å². The van der Waals surface area contributed by atoms with Crippen molar-refractivity contribution in [2.75, 3.05) is 10.6 Å². The van der Waals surface area contributed by atoms with Crippen molar-refractivity contribution in [1.82, 2.24) is 9.78 Å². The van der Waals surface area contributed by atoms with E-state index < -0.39 is 23.7 Å². The summed E-state index contributed by atoms with van der Waals surface area (Å²) in [5.41, 5.74) is 2.85. The number of amides is 1. The molecule has 5 rings (SSSR count). The lowest BCUT2D eigenvalue weighted by Crippen LogP contribution is -2.32. The number of carboxylic acids is 1. The van der Waals surface area contributed by atoms with Crippen LogP contribution in [-0.4, -0.2) is 32.5 Å². The third-order valence-electron chi connectivity index (χ3n) is 5.86. The molecule has 0 spiro atoms. The number of rotatable bonds is 4. The van der Waals surface area contributed by atoms with Crippen molar-refractivity contribution in [3.05, 3.63) is 88.5 Å². The molecule has 0 bridgehead atoms. The summed E-state index contributed by atoms with van der Waals surface area (Å²) in [6.45, 7) is 0. The molecule has 1 unspecified atom stereocenters. The summed E-state index contributed by atoms with van der Waals surface area (Å²) < 4.78 is 14.8. The number of hydrogen-bond donors (Lipinski definition) is 3. The SMILES string of the molecule is O=C1CCCC2=C1C(c1ccc(C(=O)O)cc1)n1ncc(C(=O)Nc3ccc(F)cc3)c1N2. The maximum atomic E-state index is 13.2. The number of anilines is 2. The number of aromatic carboxylic acids is 1. The minimum Gasteiger partial charge on any atom is -0.478 e. The Balaban J connectivity index is 1.56. The van der Waals surface area contributed by atoms with Gasteiger partial charge in [-0.1, -0.05) is 12.1 Å². The first-order chi connectivity index (χ1) is 15.9. The highest BCUT2D eigenvalue weighted by atomic mass is 19.1. The summed E-state index contributed by atoms with van der Waals surface area (Å²) in [6, 6.07) is 11.1. The molecule has 8 nitrogen and oxygen atoms in total. The Labute approximate surface area is 187 Å². The van der Waals surface area contributed by atoms with Gasteiger partial charge in [-0.2, -0.15) is 5.10 Å². The van der Waals surface area contributed by atoms with Gasteiger partial charge in [0.2, 0.25) is 0 Å². The fraction of sp³-hybridized carbons (Fsp3) is 0.167. The van der Waals surface area contributed by atoms with Crippen LogP contribution < -0.4 is 10.6 Å². The summed E-state index contributed by atoms with van der Waals surface area (Å²) in [5, 5.41) is 19.6. The highest BCUT2D eigenvalue weighted by Crippen LogP contribution is 2.41. The van der Waals surface area contributed by atoms with E-state index in [4.69, 9.17) is 0 Å². The molecule has 9 heteroatoms. The van der Waals surface area contributed by atoms with Gasteiger partial charge in [0, 0.05) is 23.4 Å². The molecule has 3 aromatic rings. The van der Waals surface area contributed by atoms with E-state index in [-0.39, 0.29) is 16.9 Å². The molecule has 2 aliphatic rings. The first-order valence-electron chi connectivity index (χ1n) is 10.4. The largest absolute Gasteiger partial charge is 0.478 e. The van der Waals surface area contributed by atoms with Crippen LogP contribution in [0.4, 0.5) is 15.9 Å². The molecule has 0 saturated carbocycles. The molecule has 1 amide bonds. The predicted molar refractivity (Wildman–Crippen MR) is 118 cm³/mol. The number of hydrogen-bond acceptors (Lipinski definition) is 5. The Morgan fingerprint density at radius 2 is 1.82 bits per heavy atom. The zero-order valence-electron chi connectivity index (χ0n) is 17.3. The van der Waals surface area contributed by atoms with Crippen molar-refractivity contribution in [3.63, 3.8) is 0 Å². The quantitative estimate of drug-likeness (QED) is 0.558. The summed E-state index contributed by atoms with van der Waals surface area (Å²) in [5.74, 6) is -1.44. The average Bonchev–Trinajstić information content (AvgIpc) is 3.23. The van der Waals surface area contributed by atoms with Crippen molar-refractivity contribution in [1.29, 1.82) is 0 Å². The highest BCUT2D eigenvalue weighted by Gasteiger charge is 2.37. The number of aromatic nitrogens is 2. The van der Waals surface area contributed by atoms with Gasteiger partial charge in [0.15, 0.2) is 5.78 Å².